The van der Waals surface area contributed by atoms with Crippen molar-refractivity contribution >= 4 is 5.91 Å². The Balaban J connectivity index is 2.11. The molecule has 0 saturated carbocycles. The normalized spacial score (nSPS) is 11.2. The fourth-order valence-electron chi connectivity index (χ4n) is 2.25. The average molecular weight is 288 g/mol. The van der Waals surface area contributed by atoms with E-state index < -0.39 is 0 Å². The minimum Gasteiger partial charge on any atom is -0.353 e. The summed E-state index contributed by atoms with van der Waals surface area (Å²) in [5.74, 6) is 0.0109. The lowest BCUT2D eigenvalue weighted by molar-refractivity contribution is -0.116. The number of benzene rings is 1. The lowest BCUT2D eigenvalue weighted by Crippen LogP contribution is -2.25. The van der Waals surface area contributed by atoms with Crippen LogP contribution in [0.4, 0.5) is 0 Å². The van der Waals surface area contributed by atoms with Gasteiger partial charge in [-0.3, -0.25) is 9.69 Å². The monoisotopic (exact) mass is 288 g/mol. The van der Waals surface area contributed by atoms with Gasteiger partial charge in [-0.25, -0.2) is 0 Å². The maximum Gasteiger partial charge on any atom is 0.243 e. The standard InChI is InChI=1S/C18H28N2O/c1-3-11-18(21)19-14-9-6-10-15-20(4-2)16-17-12-7-5-8-13-17/h3,5,7-8,11-13H,4,6,9-10,14-16H2,1-2H3,(H,19,21)/b11-3+. The Morgan fingerprint density at radius 2 is 1.95 bits per heavy atom. The predicted octanol–water partition coefficient (Wildman–Crippen LogP) is 3.37. The van der Waals surface area contributed by atoms with E-state index >= 15 is 0 Å². The molecule has 0 spiro atoms. The molecule has 1 aromatic rings. The number of carbonyl (C=O) groups is 1. The Morgan fingerprint density at radius 3 is 2.62 bits per heavy atom. The Bertz CT molecular complexity index is 414. The Hall–Kier alpha value is -1.61. The lowest BCUT2D eigenvalue weighted by atomic mass is 10.2. The summed E-state index contributed by atoms with van der Waals surface area (Å²) < 4.78 is 0. The van der Waals surface area contributed by atoms with Gasteiger partial charge in [-0.15, -0.1) is 0 Å². The van der Waals surface area contributed by atoms with Crippen molar-refractivity contribution in [2.75, 3.05) is 19.6 Å². The van der Waals surface area contributed by atoms with Crippen LogP contribution in [0, 0.1) is 0 Å². The summed E-state index contributed by atoms with van der Waals surface area (Å²) >= 11 is 0. The van der Waals surface area contributed by atoms with E-state index in [4.69, 9.17) is 0 Å². The lowest BCUT2D eigenvalue weighted by Gasteiger charge is -2.20. The fraction of sp³-hybridized carbons (Fsp3) is 0.500. The van der Waals surface area contributed by atoms with Crippen LogP contribution in [-0.2, 0) is 11.3 Å². The zero-order chi connectivity index (χ0) is 15.3. The quantitative estimate of drug-likeness (QED) is 0.529. The zero-order valence-electron chi connectivity index (χ0n) is 13.3. The third kappa shape index (κ3) is 8.30. The molecule has 0 aromatic heterocycles. The second-order valence-corrected chi connectivity index (χ2v) is 5.21. The summed E-state index contributed by atoms with van der Waals surface area (Å²) in [5.41, 5.74) is 1.37. The van der Waals surface area contributed by atoms with Crippen molar-refractivity contribution in [3.63, 3.8) is 0 Å². The van der Waals surface area contributed by atoms with Gasteiger partial charge in [0, 0.05) is 13.1 Å². The van der Waals surface area contributed by atoms with Crippen molar-refractivity contribution in [2.45, 2.75) is 39.7 Å². The highest BCUT2D eigenvalue weighted by Crippen LogP contribution is 2.06. The third-order valence-corrected chi connectivity index (χ3v) is 3.46. The van der Waals surface area contributed by atoms with Gasteiger partial charge in [0.05, 0.1) is 0 Å². The third-order valence-electron chi connectivity index (χ3n) is 3.46. The summed E-state index contributed by atoms with van der Waals surface area (Å²) in [6.45, 7) is 8.05. The number of unbranched alkanes of at least 4 members (excludes halogenated alkanes) is 2. The highest BCUT2D eigenvalue weighted by atomic mass is 16.1. The van der Waals surface area contributed by atoms with Crippen molar-refractivity contribution < 1.29 is 4.79 Å². The fourth-order valence-corrected chi connectivity index (χ4v) is 2.25. The molecule has 3 nitrogen and oxygen atoms in total. The molecule has 0 bridgehead atoms. The van der Waals surface area contributed by atoms with Gasteiger partial charge in [0.2, 0.25) is 5.91 Å². The Labute approximate surface area is 129 Å². The van der Waals surface area contributed by atoms with Crippen LogP contribution in [-0.4, -0.2) is 30.4 Å². The molecule has 0 radical (unpaired) electrons. The molecule has 3 heteroatoms. The first kappa shape index (κ1) is 17.4. The van der Waals surface area contributed by atoms with Crippen LogP contribution in [0.3, 0.4) is 0 Å². The number of amides is 1. The van der Waals surface area contributed by atoms with E-state index in [9.17, 15) is 4.79 Å². The molecule has 0 unspecified atom stereocenters. The van der Waals surface area contributed by atoms with E-state index in [2.05, 4.69) is 47.5 Å². The van der Waals surface area contributed by atoms with E-state index in [-0.39, 0.29) is 5.91 Å². The summed E-state index contributed by atoms with van der Waals surface area (Å²) in [5, 5.41) is 2.89. The minimum atomic E-state index is 0.0109. The van der Waals surface area contributed by atoms with E-state index in [0.29, 0.717) is 0 Å². The first-order valence-corrected chi connectivity index (χ1v) is 7.93. The Morgan fingerprint density at radius 1 is 1.19 bits per heavy atom. The number of carbonyl (C=O) groups excluding carboxylic acids is 1. The van der Waals surface area contributed by atoms with E-state index in [1.807, 2.05) is 6.92 Å². The average Bonchev–Trinajstić information content (AvgIpc) is 2.50. The summed E-state index contributed by atoms with van der Waals surface area (Å²) in [4.78, 5) is 13.7. The van der Waals surface area contributed by atoms with Gasteiger partial charge in [0.15, 0.2) is 0 Å². The highest BCUT2D eigenvalue weighted by Gasteiger charge is 2.03. The van der Waals surface area contributed by atoms with E-state index in [1.165, 1.54) is 12.0 Å². The van der Waals surface area contributed by atoms with Crippen LogP contribution in [0.1, 0.15) is 38.7 Å². The number of nitrogens with one attached hydrogen (secondary N) is 1. The molecule has 0 aliphatic carbocycles. The smallest absolute Gasteiger partial charge is 0.243 e. The first-order chi connectivity index (χ1) is 10.3. The number of hydrogen-bond acceptors (Lipinski definition) is 2. The van der Waals surface area contributed by atoms with E-state index in [1.54, 1.807) is 12.2 Å². The summed E-state index contributed by atoms with van der Waals surface area (Å²) in [6.07, 6.45) is 6.71. The maximum atomic E-state index is 11.2. The largest absolute Gasteiger partial charge is 0.353 e. The summed E-state index contributed by atoms with van der Waals surface area (Å²) in [7, 11) is 0. The van der Waals surface area contributed by atoms with Crippen molar-refractivity contribution in [1.29, 1.82) is 0 Å². The molecule has 1 aromatic carbocycles. The number of rotatable bonds is 10. The van der Waals surface area contributed by atoms with Gasteiger partial charge >= 0.3 is 0 Å². The number of allylic oxidation sites excluding steroid dienone is 1. The van der Waals surface area contributed by atoms with Crippen LogP contribution in [0.25, 0.3) is 0 Å². The number of nitrogens with zero attached hydrogens (tertiary/aromatic N) is 1. The second kappa shape index (κ2) is 11.1. The molecule has 0 saturated heterocycles. The van der Waals surface area contributed by atoms with Gasteiger partial charge in [-0.1, -0.05) is 49.8 Å². The number of hydrogen-bond donors (Lipinski definition) is 1. The van der Waals surface area contributed by atoms with Crippen LogP contribution >= 0.6 is 0 Å². The molecule has 0 fully saturated rings. The van der Waals surface area contributed by atoms with Gasteiger partial charge in [0.1, 0.15) is 0 Å². The maximum absolute atomic E-state index is 11.2. The molecule has 1 N–H and O–H groups in total. The molecular weight excluding hydrogens is 260 g/mol. The van der Waals surface area contributed by atoms with Gasteiger partial charge in [-0.05, 0) is 44.5 Å². The van der Waals surface area contributed by atoms with Crippen LogP contribution < -0.4 is 5.32 Å². The molecule has 116 valence electrons. The minimum absolute atomic E-state index is 0.0109. The molecular formula is C18H28N2O. The second-order valence-electron chi connectivity index (χ2n) is 5.21. The van der Waals surface area contributed by atoms with Crippen LogP contribution in [0.5, 0.6) is 0 Å². The van der Waals surface area contributed by atoms with Crippen molar-refractivity contribution in [3.05, 3.63) is 48.0 Å². The highest BCUT2D eigenvalue weighted by molar-refractivity contribution is 5.87. The van der Waals surface area contributed by atoms with Gasteiger partial charge in [0.25, 0.3) is 0 Å². The predicted molar refractivity (Wildman–Crippen MR) is 89.1 cm³/mol. The van der Waals surface area contributed by atoms with Gasteiger partial charge in [-0.2, -0.15) is 0 Å². The van der Waals surface area contributed by atoms with Crippen molar-refractivity contribution in [2.24, 2.45) is 0 Å². The molecule has 0 aliphatic rings. The molecule has 21 heavy (non-hydrogen) atoms. The zero-order valence-corrected chi connectivity index (χ0v) is 13.3. The molecule has 1 rings (SSSR count). The van der Waals surface area contributed by atoms with Crippen LogP contribution in [0.15, 0.2) is 42.5 Å². The SMILES string of the molecule is C/C=C/C(=O)NCCCCCN(CC)Cc1ccccc1. The Kier molecular flexibility index (Phi) is 9.21. The van der Waals surface area contributed by atoms with Gasteiger partial charge < -0.3 is 5.32 Å². The van der Waals surface area contributed by atoms with Crippen molar-refractivity contribution in [3.8, 4) is 0 Å². The molecule has 1 amide bonds. The topological polar surface area (TPSA) is 32.3 Å². The van der Waals surface area contributed by atoms with Crippen molar-refractivity contribution in [1.82, 2.24) is 10.2 Å². The first-order valence-electron chi connectivity index (χ1n) is 7.93. The van der Waals surface area contributed by atoms with Crippen LogP contribution in [0.2, 0.25) is 0 Å². The molecule has 0 atom stereocenters. The summed E-state index contributed by atoms with van der Waals surface area (Å²) in [6, 6.07) is 10.6. The molecule has 0 aliphatic heterocycles. The molecule has 0 heterocycles. The van der Waals surface area contributed by atoms with E-state index in [0.717, 1.165) is 39.0 Å².